The van der Waals surface area contributed by atoms with Crippen LogP contribution in [0.1, 0.15) is 24.1 Å². The Hall–Kier alpha value is -1.73. The van der Waals surface area contributed by atoms with Crippen molar-refractivity contribution in [2.75, 3.05) is 64.4 Å². The van der Waals surface area contributed by atoms with Crippen LogP contribution >= 0.6 is 0 Å². The predicted octanol–water partition coefficient (Wildman–Crippen LogP) is 0.582. The van der Waals surface area contributed by atoms with E-state index in [-0.39, 0.29) is 11.8 Å². The first-order chi connectivity index (χ1) is 12.7. The molecule has 3 aliphatic rings. The average molecular weight is 359 g/mol. The Bertz CT molecular complexity index is 647. The second-order valence-corrected chi connectivity index (χ2v) is 7.65. The van der Waals surface area contributed by atoms with Crippen LogP contribution in [0.25, 0.3) is 0 Å². The van der Waals surface area contributed by atoms with Crippen LogP contribution in [0, 0.1) is 5.92 Å². The van der Waals surface area contributed by atoms with Crippen LogP contribution < -0.4 is 4.90 Å². The highest BCUT2D eigenvalue weighted by atomic mass is 16.5. The number of anilines is 1. The van der Waals surface area contributed by atoms with Crippen LogP contribution in [0.4, 0.5) is 5.82 Å². The number of nitrogens with zero attached hydrogens (tertiary/aromatic N) is 5. The molecule has 0 spiro atoms. The third-order valence-electron chi connectivity index (χ3n) is 5.87. The zero-order valence-electron chi connectivity index (χ0n) is 15.7. The lowest BCUT2D eigenvalue weighted by Crippen LogP contribution is -2.38. The van der Waals surface area contributed by atoms with E-state index in [0.717, 1.165) is 76.5 Å². The average Bonchev–Trinajstić information content (AvgIpc) is 2.99. The maximum Gasteiger partial charge on any atom is 0.228 e. The zero-order chi connectivity index (χ0) is 17.9. The van der Waals surface area contributed by atoms with Crippen LogP contribution in [-0.4, -0.2) is 85.2 Å². The van der Waals surface area contributed by atoms with E-state index in [1.807, 2.05) is 4.90 Å². The highest BCUT2D eigenvalue weighted by molar-refractivity contribution is 5.79. The molecule has 7 nitrogen and oxygen atoms in total. The first-order valence-electron chi connectivity index (χ1n) is 9.85. The molecule has 1 aromatic heterocycles. The van der Waals surface area contributed by atoms with Gasteiger partial charge in [0.2, 0.25) is 5.91 Å². The number of carbonyl (C=O) groups is 1. The second-order valence-electron chi connectivity index (χ2n) is 7.65. The predicted molar refractivity (Wildman–Crippen MR) is 99.3 cm³/mol. The number of likely N-dealkylation sites (N-methyl/N-ethyl adjacent to an activating group) is 1. The minimum absolute atomic E-state index is 0.0444. The SMILES string of the molecule is CN1CCCN(c2ncnc3c2CCN(C(=O)[C@H]2CCOC2)CC3)CC1. The summed E-state index contributed by atoms with van der Waals surface area (Å²) < 4.78 is 5.40. The third kappa shape index (κ3) is 3.69. The lowest BCUT2D eigenvalue weighted by Gasteiger charge is -2.25. The molecule has 142 valence electrons. The fourth-order valence-electron chi connectivity index (χ4n) is 4.25. The van der Waals surface area contributed by atoms with Crippen LogP contribution in [0.15, 0.2) is 6.33 Å². The van der Waals surface area contributed by atoms with Crippen molar-refractivity contribution in [2.45, 2.75) is 25.7 Å². The summed E-state index contributed by atoms with van der Waals surface area (Å²) >= 11 is 0. The second kappa shape index (κ2) is 7.88. The first kappa shape index (κ1) is 17.7. The third-order valence-corrected chi connectivity index (χ3v) is 5.87. The van der Waals surface area contributed by atoms with Crippen molar-refractivity contribution in [1.82, 2.24) is 19.8 Å². The number of carbonyl (C=O) groups excluding carboxylic acids is 1. The highest BCUT2D eigenvalue weighted by Crippen LogP contribution is 2.26. The van der Waals surface area contributed by atoms with Crippen molar-refractivity contribution >= 4 is 11.7 Å². The number of rotatable bonds is 2. The number of aromatic nitrogens is 2. The number of hydrogen-bond acceptors (Lipinski definition) is 6. The molecule has 0 unspecified atom stereocenters. The van der Waals surface area contributed by atoms with Crippen LogP contribution in [0.3, 0.4) is 0 Å². The molecule has 4 heterocycles. The van der Waals surface area contributed by atoms with Crippen LogP contribution in [-0.2, 0) is 22.4 Å². The summed E-state index contributed by atoms with van der Waals surface area (Å²) in [7, 11) is 2.18. The van der Waals surface area contributed by atoms with Gasteiger partial charge in [-0.1, -0.05) is 0 Å². The van der Waals surface area contributed by atoms with E-state index in [1.54, 1.807) is 6.33 Å². The van der Waals surface area contributed by atoms with Crippen molar-refractivity contribution < 1.29 is 9.53 Å². The largest absolute Gasteiger partial charge is 0.381 e. The van der Waals surface area contributed by atoms with Crippen molar-refractivity contribution in [3.63, 3.8) is 0 Å². The lowest BCUT2D eigenvalue weighted by atomic mass is 10.1. The van der Waals surface area contributed by atoms with Crippen molar-refractivity contribution in [3.8, 4) is 0 Å². The van der Waals surface area contributed by atoms with E-state index >= 15 is 0 Å². The Kier molecular flexibility index (Phi) is 5.36. The van der Waals surface area contributed by atoms with Gasteiger partial charge in [0.1, 0.15) is 12.1 Å². The highest BCUT2D eigenvalue weighted by Gasteiger charge is 2.30. The summed E-state index contributed by atoms with van der Waals surface area (Å²) in [6, 6.07) is 0. The first-order valence-corrected chi connectivity index (χ1v) is 9.85. The van der Waals surface area contributed by atoms with Crippen LogP contribution in [0.2, 0.25) is 0 Å². The van der Waals surface area contributed by atoms with Gasteiger partial charge in [0.05, 0.1) is 18.2 Å². The van der Waals surface area contributed by atoms with Gasteiger partial charge in [0, 0.05) is 51.3 Å². The van der Waals surface area contributed by atoms with E-state index in [0.29, 0.717) is 13.2 Å². The molecule has 1 atom stereocenters. The summed E-state index contributed by atoms with van der Waals surface area (Å²) in [4.78, 5) is 28.8. The van der Waals surface area contributed by atoms with Gasteiger partial charge in [-0.3, -0.25) is 4.79 Å². The van der Waals surface area contributed by atoms with Gasteiger partial charge < -0.3 is 19.4 Å². The number of amides is 1. The summed E-state index contributed by atoms with van der Waals surface area (Å²) in [6.07, 6.45) is 5.37. The topological polar surface area (TPSA) is 61.8 Å². The summed E-state index contributed by atoms with van der Waals surface area (Å²) in [6.45, 7) is 7.04. The molecule has 4 rings (SSSR count). The van der Waals surface area contributed by atoms with Crippen LogP contribution in [0.5, 0.6) is 0 Å². The van der Waals surface area contributed by atoms with E-state index in [1.165, 1.54) is 5.56 Å². The molecule has 0 N–H and O–H groups in total. The Morgan fingerprint density at radius 1 is 1.12 bits per heavy atom. The van der Waals surface area contributed by atoms with E-state index in [2.05, 4.69) is 26.8 Å². The molecule has 0 bridgehead atoms. The molecule has 7 heteroatoms. The summed E-state index contributed by atoms with van der Waals surface area (Å²) in [5.74, 6) is 1.38. The zero-order valence-corrected chi connectivity index (χ0v) is 15.7. The van der Waals surface area contributed by atoms with Gasteiger partial charge in [-0.15, -0.1) is 0 Å². The molecule has 1 aromatic rings. The molecule has 1 amide bonds. The fraction of sp³-hybridized carbons (Fsp3) is 0.737. The minimum Gasteiger partial charge on any atom is -0.381 e. The lowest BCUT2D eigenvalue weighted by molar-refractivity contribution is -0.135. The maximum absolute atomic E-state index is 12.8. The standard InChI is InChI=1S/C19H29N5O2/c1-22-6-2-7-23(11-10-22)18-16-3-8-24(9-4-17(16)20-14-21-18)19(25)15-5-12-26-13-15/h14-15H,2-13H2,1H3/t15-/m0/s1. The minimum atomic E-state index is 0.0444. The quantitative estimate of drug-likeness (QED) is 0.770. The van der Waals surface area contributed by atoms with Gasteiger partial charge >= 0.3 is 0 Å². The van der Waals surface area contributed by atoms with Gasteiger partial charge in [-0.25, -0.2) is 9.97 Å². The molecular formula is C19H29N5O2. The van der Waals surface area contributed by atoms with Crippen molar-refractivity contribution in [2.24, 2.45) is 5.92 Å². The maximum atomic E-state index is 12.8. The number of ether oxygens (including phenoxy) is 1. The monoisotopic (exact) mass is 359 g/mol. The van der Waals surface area contributed by atoms with Gasteiger partial charge in [0.25, 0.3) is 0 Å². The Balaban J connectivity index is 1.50. The molecule has 26 heavy (non-hydrogen) atoms. The van der Waals surface area contributed by atoms with Gasteiger partial charge in [0.15, 0.2) is 0 Å². The normalized spacial score (nSPS) is 24.9. The molecule has 2 fully saturated rings. The molecule has 0 saturated carbocycles. The molecule has 2 saturated heterocycles. The molecule has 0 radical (unpaired) electrons. The van der Waals surface area contributed by atoms with E-state index < -0.39 is 0 Å². The fourth-order valence-corrected chi connectivity index (χ4v) is 4.25. The van der Waals surface area contributed by atoms with Gasteiger partial charge in [-0.05, 0) is 32.9 Å². The molecular weight excluding hydrogens is 330 g/mol. The molecule has 0 aliphatic carbocycles. The van der Waals surface area contributed by atoms with E-state index in [9.17, 15) is 4.79 Å². The van der Waals surface area contributed by atoms with E-state index in [4.69, 9.17) is 4.74 Å². The molecule has 0 aromatic carbocycles. The number of fused-ring (bicyclic) bond motifs is 1. The number of hydrogen-bond donors (Lipinski definition) is 0. The van der Waals surface area contributed by atoms with Gasteiger partial charge in [-0.2, -0.15) is 0 Å². The summed E-state index contributed by atoms with van der Waals surface area (Å²) in [5.41, 5.74) is 2.36. The Labute approximate surface area is 155 Å². The van der Waals surface area contributed by atoms with Crippen molar-refractivity contribution in [3.05, 3.63) is 17.6 Å². The Morgan fingerprint density at radius 3 is 2.85 bits per heavy atom. The Morgan fingerprint density at radius 2 is 2.00 bits per heavy atom. The summed E-state index contributed by atoms with van der Waals surface area (Å²) in [5, 5.41) is 0. The smallest absolute Gasteiger partial charge is 0.228 e. The van der Waals surface area contributed by atoms with Crippen molar-refractivity contribution in [1.29, 1.82) is 0 Å². The molecule has 3 aliphatic heterocycles.